The molecule has 2 heterocycles. The first-order valence-electron chi connectivity index (χ1n) is 8.48. The predicted octanol–water partition coefficient (Wildman–Crippen LogP) is 2.08. The van der Waals surface area contributed by atoms with Crippen LogP contribution in [-0.4, -0.2) is 36.9 Å². The van der Waals surface area contributed by atoms with E-state index in [0.29, 0.717) is 36.6 Å². The van der Waals surface area contributed by atoms with Gasteiger partial charge in [0.05, 0.1) is 18.0 Å². The lowest BCUT2D eigenvalue weighted by Gasteiger charge is -2.08. The number of amides is 1. The first-order valence-corrected chi connectivity index (χ1v) is 8.48. The smallest absolute Gasteiger partial charge is 0.312 e. The number of nitro groups is 1. The molecule has 1 aromatic carbocycles. The molecular weight excluding hydrogens is 348 g/mol. The standard InChI is InChI=1S/C18H20N6O3/c1-13-17(24(26)27)14(2)23(21-13)10-8-19-18(25)16-6-3-5-15(11-16)12-22-9-4-7-20-22/h3-7,9,11H,8,10,12H2,1-2H3,(H,19,25). The van der Waals surface area contributed by atoms with Gasteiger partial charge in [0.25, 0.3) is 5.91 Å². The van der Waals surface area contributed by atoms with E-state index >= 15 is 0 Å². The minimum Gasteiger partial charge on any atom is -0.350 e. The summed E-state index contributed by atoms with van der Waals surface area (Å²) in [4.78, 5) is 23.0. The van der Waals surface area contributed by atoms with Gasteiger partial charge in [-0.2, -0.15) is 10.2 Å². The van der Waals surface area contributed by atoms with Crippen LogP contribution in [0, 0.1) is 24.0 Å². The maximum atomic E-state index is 12.4. The molecule has 140 valence electrons. The Hall–Kier alpha value is -3.49. The zero-order valence-corrected chi connectivity index (χ0v) is 15.1. The summed E-state index contributed by atoms with van der Waals surface area (Å²) in [6, 6.07) is 9.19. The molecule has 0 spiro atoms. The highest BCUT2D eigenvalue weighted by Gasteiger charge is 2.21. The topological polar surface area (TPSA) is 108 Å². The normalized spacial score (nSPS) is 10.7. The van der Waals surface area contributed by atoms with Crippen molar-refractivity contribution in [3.63, 3.8) is 0 Å². The van der Waals surface area contributed by atoms with Crippen LogP contribution in [0.3, 0.4) is 0 Å². The minimum atomic E-state index is -0.433. The Morgan fingerprint density at radius 3 is 2.78 bits per heavy atom. The minimum absolute atomic E-state index is 0.0210. The van der Waals surface area contributed by atoms with Crippen LogP contribution >= 0.6 is 0 Å². The van der Waals surface area contributed by atoms with Gasteiger partial charge < -0.3 is 5.32 Å². The van der Waals surface area contributed by atoms with Crippen LogP contribution in [0.5, 0.6) is 0 Å². The fourth-order valence-corrected chi connectivity index (χ4v) is 2.94. The van der Waals surface area contributed by atoms with Gasteiger partial charge in [0.2, 0.25) is 0 Å². The summed E-state index contributed by atoms with van der Waals surface area (Å²) in [6.45, 7) is 4.52. The van der Waals surface area contributed by atoms with Gasteiger partial charge in [-0.05, 0) is 37.6 Å². The van der Waals surface area contributed by atoms with E-state index < -0.39 is 4.92 Å². The van der Waals surface area contributed by atoms with Gasteiger partial charge in [0.1, 0.15) is 11.4 Å². The molecule has 0 aliphatic heterocycles. The van der Waals surface area contributed by atoms with E-state index in [2.05, 4.69) is 15.5 Å². The van der Waals surface area contributed by atoms with E-state index in [1.165, 1.54) is 0 Å². The molecule has 0 unspecified atom stereocenters. The van der Waals surface area contributed by atoms with E-state index in [9.17, 15) is 14.9 Å². The van der Waals surface area contributed by atoms with Crippen molar-refractivity contribution in [1.82, 2.24) is 24.9 Å². The average Bonchev–Trinajstić information content (AvgIpc) is 3.23. The molecule has 9 nitrogen and oxygen atoms in total. The van der Waals surface area contributed by atoms with Gasteiger partial charge in [0.15, 0.2) is 0 Å². The quantitative estimate of drug-likeness (QED) is 0.507. The van der Waals surface area contributed by atoms with Gasteiger partial charge in [-0.15, -0.1) is 0 Å². The number of benzene rings is 1. The van der Waals surface area contributed by atoms with E-state index in [4.69, 9.17) is 0 Å². The maximum absolute atomic E-state index is 12.4. The Bertz CT molecular complexity index is 962. The number of carbonyl (C=O) groups excluding carboxylic acids is 1. The number of nitrogens with zero attached hydrogens (tertiary/aromatic N) is 5. The molecule has 0 atom stereocenters. The van der Waals surface area contributed by atoms with E-state index in [1.807, 2.05) is 30.5 Å². The number of hydrogen-bond donors (Lipinski definition) is 1. The highest BCUT2D eigenvalue weighted by atomic mass is 16.6. The summed E-state index contributed by atoms with van der Waals surface area (Å²) in [6.07, 6.45) is 3.57. The maximum Gasteiger partial charge on any atom is 0.312 e. The van der Waals surface area contributed by atoms with Crippen molar-refractivity contribution >= 4 is 11.6 Å². The number of carbonyl (C=O) groups is 1. The second-order valence-corrected chi connectivity index (χ2v) is 6.16. The summed E-state index contributed by atoms with van der Waals surface area (Å²) < 4.78 is 3.33. The molecule has 0 fully saturated rings. The molecular formula is C18H20N6O3. The van der Waals surface area contributed by atoms with Crippen LogP contribution in [0.2, 0.25) is 0 Å². The third kappa shape index (κ3) is 4.20. The molecule has 0 bridgehead atoms. The molecule has 27 heavy (non-hydrogen) atoms. The van der Waals surface area contributed by atoms with Crippen LogP contribution in [0.15, 0.2) is 42.7 Å². The Kier molecular flexibility index (Phi) is 5.30. The van der Waals surface area contributed by atoms with Crippen LogP contribution in [0.4, 0.5) is 5.69 Å². The fourth-order valence-electron chi connectivity index (χ4n) is 2.94. The largest absolute Gasteiger partial charge is 0.350 e. The van der Waals surface area contributed by atoms with Crippen LogP contribution in [0.25, 0.3) is 0 Å². The Morgan fingerprint density at radius 1 is 1.30 bits per heavy atom. The Morgan fingerprint density at radius 2 is 2.11 bits per heavy atom. The lowest BCUT2D eigenvalue weighted by molar-refractivity contribution is -0.386. The zero-order valence-electron chi connectivity index (χ0n) is 15.1. The molecule has 3 aromatic rings. The lowest BCUT2D eigenvalue weighted by Crippen LogP contribution is -2.28. The van der Waals surface area contributed by atoms with Crippen molar-refractivity contribution in [3.05, 3.63) is 75.4 Å². The van der Waals surface area contributed by atoms with E-state index in [1.54, 1.807) is 35.5 Å². The second kappa shape index (κ2) is 7.81. The number of hydrogen-bond acceptors (Lipinski definition) is 5. The van der Waals surface area contributed by atoms with Crippen LogP contribution < -0.4 is 5.32 Å². The first kappa shape index (κ1) is 18.3. The zero-order chi connectivity index (χ0) is 19.4. The van der Waals surface area contributed by atoms with Gasteiger partial charge in [-0.3, -0.25) is 24.3 Å². The van der Waals surface area contributed by atoms with E-state index in [0.717, 1.165) is 5.56 Å². The molecule has 9 heteroatoms. The van der Waals surface area contributed by atoms with E-state index in [-0.39, 0.29) is 11.6 Å². The highest BCUT2D eigenvalue weighted by Crippen LogP contribution is 2.21. The monoisotopic (exact) mass is 368 g/mol. The second-order valence-electron chi connectivity index (χ2n) is 6.16. The first-order chi connectivity index (χ1) is 13.0. The number of aromatic nitrogens is 4. The van der Waals surface area contributed by atoms with Crippen LogP contribution in [0.1, 0.15) is 27.3 Å². The van der Waals surface area contributed by atoms with Crippen molar-refractivity contribution in [2.24, 2.45) is 0 Å². The third-order valence-corrected chi connectivity index (χ3v) is 4.23. The molecule has 0 saturated carbocycles. The molecule has 0 aliphatic rings. The number of aryl methyl sites for hydroxylation is 1. The molecule has 0 aliphatic carbocycles. The molecule has 1 amide bonds. The summed E-state index contributed by atoms with van der Waals surface area (Å²) in [5.74, 6) is -0.201. The summed E-state index contributed by atoms with van der Waals surface area (Å²) in [5, 5.41) is 22.2. The van der Waals surface area contributed by atoms with Crippen molar-refractivity contribution in [2.45, 2.75) is 26.9 Å². The van der Waals surface area contributed by atoms with Gasteiger partial charge in [-0.1, -0.05) is 12.1 Å². The Balaban J connectivity index is 1.60. The molecule has 3 rings (SSSR count). The van der Waals surface area contributed by atoms with Crippen LogP contribution in [-0.2, 0) is 13.1 Å². The van der Waals surface area contributed by atoms with Gasteiger partial charge in [0, 0.05) is 24.5 Å². The molecule has 0 saturated heterocycles. The van der Waals surface area contributed by atoms with Crippen molar-refractivity contribution in [3.8, 4) is 0 Å². The fraction of sp³-hybridized carbons (Fsp3) is 0.278. The third-order valence-electron chi connectivity index (χ3n) is 4.23. The highest BCUT2D eigenvalue weighted by molar-refractivity contribution is 5.94. The van der Waals surface area contributed by atoms with Crippen molar-refractivity contribution < 1.29 is 9.72 Å². The predicted molar refractivity (Wildman–Crippen MR) is 98.5 cm³/mol. The van der Waals surface area contributed by atoms with Gasteiger partial charge in [-0.25, -0.2) is 0 Å². The molecule has 1 N–H and O–H groups in total. The number of rotatable bonds is 7. The summed E-state index contributed by atoms with van der Waals surface area (Å²) >= 11 is 0. The van der Waals surface area contributed by atoms with Crippen molar-refractivity contribution in [2.75, 3.05) is 6.54 Å². The number of nitrogens with one attached hydrogen (secondary N) is 1. The van der Waals surface area contributed by atoms with Crippen molar-refractivity contribution in [1.29, 1.82) is 0 Å². The lowest BCUT2D eigenvalue weighted by atomic mass is 10.1. The molecule has 2 aromatic heterocycles. The summed E-state index contributed by atoms with van der Waals surface area (Å²) in [7, 11) is 0. The van der Waals surface area contributed by atoms with Gasteiger partial charge >= 0.3 is 5.69 Å². The Labute approximate surface area is 155 Å². The molecule has 0 radical (unpaired) electrons. The summed E-state index contributed by atoms with van der Waals surface area (Å²) in [5.41, 5.74) is 2.40. The SMILES string of the molecule is Cc1nn(CCNC(=O)c2cccc(Cn3cccn3)c2)c(C)c1[N+](=O)[O-]. The average molecular weight is 368 g/mol.